The molecule has 4 heteroatoms. The van der Waals surface area contributed by atoms with Crippen LogP contribution in [0, 0.1) is 46.3 Å². The lowest BCUT2D eigenvalue weighted by atomic mass is 9.47. The summed E-state index contributed by atoms with van der Waals surface area (Å²) in [4.78, 5) is 10.4. The maximum Gasteiger partial charge on any atom is 0.332 e. The van der Waals surface area contributed by atoms with Gasteiger partial charge < -0.3 is 15.3 Å². The SMILES string of the molecule is CC(C)CCCC(C)[C@H]1CC[C@H]2[C@@H]3CC=C4C[C@@H](O)CC[C@]4(C)[C@H]3CC[C@]12C.CCCCCCCCCCCCCCCCC(O)C(=O)O. The zero-order chi connectivity index (χ0) is 35.9. The second-order valence-electron chi connectivity index (χ2n) is 18.4. The minimum absolute atomic E-state index is 0.0766. The van der Waals surface area contributed by atoms with E-state index in [2.05, 4.69) is 47.6 Å². The summed E-state index contributed by atoms with van der Waals surface area (Å²) in [5.41, 5.74) is 2.60. The smallest absolute Gasteiger partial charge is 0.332 e. The lowest BCUT2D eigenvalue weighted by Crippen LogP contribution is -2.50. The minimum atomic E-state index is -1.16. The van der Waals surface area contributed by atoms with Gasteiger partial charge in [-0.05, 0) is 104 Å². The molecule has 4 nitrogen and oxygen atoms in total. The largest absolute Gasteiger partial charge is 0.479 e. The zero-order valence-corrected chi connectivity index (χ0v) is 33.3. The fourth-order valence-electron chi connectivity index (χ4n) is 11.3. The van der Waals surface area contributed by atoms with Crippen molar-refractivity contribution < 1.29 is 20.1 Å². The van der Waals surface area contributed by atoms with Gasteiger partial charge in [0, 0.05) is 0 Å². The Kier molecular flexibility index (Phi) is 18.8. The van der Waals surface area contributed by atoms with E-state index >= 15 is 0 Å². The van der Waals surface area contributed by atoms with Gasteiger partial charge in [0.1, 0.15) is 0 Å². The van der Waals surface area contributed by atoms with Gasteiger partial charge >= 0.3 is 5.97 Å². The fraction of sp³-hybridized carbons (Fsp3) is 0.933. The van der Waals surface area contributed by atoms with Gasteiger partial charge in [0.25, 0.3) is 0 Å². The number of carboxylic acid groups (broad SMARTS) is 1. The second kappa shape index (κ2) is 21.6. The lowest BCUT2D eigenvalue weighted by Gasteiger charge is -2.58. The topological polar surface area (TPSA) is 77.8 Å². The van der Waals surface area contributed by atoms with Gasteiger partial charge in [-0.15, -0.1) is 0 Å². The molecule has 0 aromatic heterocycles. The molecule has 0 radical (unpaired) electrons. The highest BCUT2D eigenvalue weighted by molar-refractivity contribution is 5.71. The number of hydrogen-bond donors (Lipinski definition) is 3. The van der Waals surface area contributed by atoms with Crippen LogP contribution in [0.25, 0.3) is 0 Å². The highest BCUT2D eigenvalue weighted by Gasteiger charge is 2.59. The number of aliphatic carboxylic acids is 1. The van der Waals surface area contributed by atoms with Crippen LogP contribution in [0.2, 0.25) is 0 Å². The Morgan fingerprint density at radius 2 is 1.35 bits per heavy atom. The molecule has 3 saturated carbocycles. The van der Waals surface area contributed by atoms with Crippen molar-refractivity contribution in [3.8, 4) is 0 Å². The summed E-state index contributed by atoms with van der Waals surface area (Å²) in [5, 5.41) is 27.9. The van der Waals surface area contributed by atoms with Crippen molar-refractivity contribution in [1.29, 1.82) is 0 Å². The van der Waals surface area contributed by atoms with E-state index in [0.717, 1.165) is 61.2 Å². The average molecular weight is 687 g/mol. The van der Waals surface area contributed by atoms with E-state index in [1.807, 2.05) is 0 Å². The number of rotatable bonds is 21. The fourth-order valence-corrected chi connectivity index (χ4v) is 11.3. The molecule has 4 aliphatic carbocycles. The summed E-state index contributed by atoms with van der Waals surface area (Å²) in [6, 6.07) is 0. The van der Waals surface area contributed by atoms with E-state index in [1.54, 1.807) is 5.57 Å². The van der Waals surface area contributed by atoms with Crippen LogP contribution in [0.1, 0.15) is 208 Å². The quantitative estimate of drug-likeness (QED) is 0.0829. The van der Waals surface area contributed by atoms with Gasteiger partial charge in [-0.2, -0.15) is 0 Å². The summed E-state index contributed by atoms with van der Waals surface area (Å²) in [7, 11) is 0. The summed E-state index contributed by atoms with van der Waals surface area (Å²) in [5.74, 6) is 4.36. The molecule has 9 atom stereocenters. The van der Waals surface area contributed by atoms with E-state index in [-0.39, 0.29) is 6.10 Å². The minimum Gasteiger partial charge on any atom is -0.479 e. The van der Waals surface area contributed by atoms with Crippen LogP contribution in [-0.2, 0) is 4.79 Å². The number of fused-ring (bicyclic) bond motifs is 5. The Morgan fingerprint density at radius 3 is 1.92 bits per heavy atom. The second-order valence-corrected chi connectivity index (χ2v) is 18.4. The number of aliphatic hydroxyl groups is 2. The molecule has 0 aromatic rings. The van der Waals surface area contributed by atoms with Gasteiger partial charge in [0.2, 0.25) is 0 Å². The van der Waals surface area contributed by atoms with Crippen molar-refractivity contribution in [3.63, 3.8) is 0 Å². The lowest BCUT2D eigenvalue weighted by molar-refractivity contribution is -0.146. The number of unbranched alkanes of at least 4 members (excludes halogenated alkanes) is 13. The Labute approximate surface area is 304 Å². The van der Waals surface area contributed by atoms with Crippen LogP contribution >= 0.6 is 0 Å². The molecule has 286 valence electrons. The average Bonchev–Trinajstić information content (AvgIpc) is 3.42. The van der Waals surface area contributed by atoms with Crippen molar-refractivity contribution in [2.24, 2.45) is 46.3 Å². The molecule has 0 saturated heterocycles. The molecule has 4 rings (SSSR count). The standard InChI is InChI=1S/C27H46O.C18H36O3/c1-18(2)7-6-8-19(3)23-11-12-24-22-10-9-20-17-21(28)13-15-26(20,4)25(22)14-16-27(23,24)5;1-2-3-4-5-6-7-8-9-10-11-12-13-14-15-16-17(19)18(20)21/h9,18-19,21-25,28H,6-8,10-17H2,1-5H3;17,19H,2-16H2,1H3,(H,20,21)/t19?,21-,22-,23+,24-,25-,26-,27+;/m0./s1. The van der Waals surface area contributed by atoms with Gasteiger partial charge in [0.05, 0.1) is 6.10 Å². The highest BCUT2D eigenvalue weighted by atomic mass is 16.4. The molecule has 2 unspecified atom stereocenters. The Bertz CT molecular complexity index is 958. The molecule has 0 spiro atoms. The van der Waals surface area contributed by atoms with E-state index < -0.39 is 12.1 Å². The molecule has 4 aliphatic rings. The van der Waals surface area contributed by atoms with Crippen molar-refractivity contribution >= 4 is 5.97 Å². The predicted octanol–water partition coefficient (Wildman–Crippen LogP) is 12.7. The van der Waals surface area contributed by atoms with Crippen molar-refractivity contribution in [2.75, 3.05) is 0 Å². The molecule has 0 aromatic carbocycles. The molecular weight excluding hydrogens is 604 g/mol. The molecule has 3 fully saturated rings. The third-order valence-corrected chi connectivity index (χ3v) is 14.4. The van der Waals surface area contributed by atoms with Crippen LogP contribution in [-0.4, -0.2) is 33.5 Å². The maximum absolute atomic E-state index is 10.4. The van der Waals surface area contributed by atoms with E-state index in [4.69, 9.17) is 10.2 Å². The van der Waals surface area contributed by atoms with Crippen LogP contribution in [0.3, 0.4) is 0 Å². The van der Waals surface area contributed by atoms with Gasteiger partial charge in [-0.1, -0.05) is 162 Å². The maximum atomic E-state index is 10.4. The highest BCUT2D eigenvalue weighted by Crippen LogP contribution is 2.67. The molecule has 3 N–H and O–H groups in total. The van der Waals surface area contributed by atoms with Crippen LogP contribution in [0.4, 0.5) is 0 Å². The Balaban J connectivity index is 0.000000279. The van der Waals surface area contributed by atoms with Gasteiger partial charge in [0.15, 0.2) is 6.10 Å². The Hall–Kier alpha value is -0.870. The first kappa shape index (κ1) is 42.5. The first-order valence-corrected chi connectivity index (χ1v) is 21.7. The number of aliphatic hydroxyl groups excluding tert-OH is 2. The first-order chi connectivity index (χ1) is 23.4. The molecule has 0 aliphatic heterocycles. The normalized spacial score (nSPS) is 31.9. The molecule has 49 heavy (non-hydrogen) atoms. The number of carboxylic acids is 1. The number of allylic oxidation sites excluding steroid dienone is 1. The molecule has 0 bridgehead atoms. The molecule has 0 amide bonds. The summed E-state index contributed by atoms with van der Waals surface area (Å²) < 4.78 is 0. The van der Waals surface area contributed by atoms with Gasteiger partial charge in [-0.25, -0.2) is 4.79 Å². The zero-order valence-electron chi connectivity index (χ0n) is 33.3. The van der Waals surface area contributed by atoms with E-state index in [0.29, 0.717) is 17.3 Å². The molecule has 0 heterocycles. The predicted molar refractivity (Wildman–Crippen MR) is 208 cm³/mol. The first-order valence-electron chi connectivity index (χ1n) is 21.7. The summed E-state index contributed by atoms with van der Waals surface area (Å²) >= 11 is 0. The number of carbonyl (C=O) groups is 1. The number of hydrogen-bond acceptors (Lipinski definition) is 3. The summed E-state index contributed by atoms with van der Waals surface area (Å²) in [6.45, 7) is 14.8. The monoisotopic (exact) mass is 687 g/mol. The third-order valence-electron chi connectivity index (χ3n) is 14.4. The van der Waals surface area contributed by atoms with Crippen LogP contribution in [0.15, 0.2) is 11.6 Å². The Morgan fingerprint density at radius 1 is 0.755 bits per heavy atom. The third kappa shape index (κ3) is 12.6. The van der Waals surface area contributed by atoms with E-state index in [9.17, 15) is 9.90 Å². The van der Waals surface area contributed by atoms with Crippen LogP contribution in [0.5, 0.6) is 0 Å². The van der Waals surface area contributed by atoms with E-state index in [1.165, 1.54) is 135 Å². The molecular formula is C45H82O4. The van der Waals surface area contributed by atoms with Crippen LogP contribution < -0.4 is 0 Å². The van der Waals surface area contributed by atoms with Crippen molar-refractivity contribution in [3.05, 3.63) is 11.6 Å². The summed E-state index contributed by atoms with van der Waals surface area (Å²) in [6.07, 6.45) is 34.4. The van der Waals surface area contributed by atoms with Crippen molar-refractivity contribution in [1.82, 2.24) is 0 Å². The van der Waals surface area contributed by atoms with Gasteiger partial charge in [-0.3, -0.25) is 0 Å². The van der Waals surface area contributed by atoms with Crippen molar-refractivity contribution in [2.45, 2.75) is 221 Å².